The molecule has 21 heavy (non-hydrogen) atoms. The van der Waals surface area contributed by atoms with E-state index in [9.17, 15) is 4.39 Å². The summed E-state index contributed by atoms with van der Waals surface area (Å²) in [5.41, 5.74) is 1.10. The number of nitrogens with zero attached hydrogens (tertiary/aromatic N) is 2. The van der Waals surface area contributed by atoms with Crippen molar-refractivity contribution < 1.29 is 4.39 Å². The molecule has 116 valence electrons. The molecule has 0 saturated carbocycles. The topological polar surface area (TPSA) is 27.6 Å². The second-order valence-electron chi connectivity index (χ2n) is 4.96. The van der Waals surface area contributed by atoms with Gasteiger partial charge in [-0.05, 0) is 43.9 Å². The monoisotopic (exact) mass is 291 g/mol. The predicted molar refractivity (Wildman–Crippen MR) is 88.1 cm³/mol. The van der Waals surface area contributed by atoms with Crippen molar-refractivity contribution in [3.8, 4) is 0 Å². The summed E-state index contributed by atoms with van der Waals surface area (Å²) in [5, 5.41) is 3.29. The molecule has 0 aliphatic rings. The number of hydrogen-bond donors (Lipinski definition) is 1. The molecule has 1 N–H and O–H groups in total. The average Bonchev–Trinajstić information content (AvgIpc) is 2.48. The molecule has 0 unspecified atom stereocenters. The predicted octanol–water partition coefficient (Wildman–Crippen LogP) is 3.23. The minimum Gasteiger partial charge on any atom is -0.357 e. The first-order valence-electron chi connectivity index (χ1n) is 7.52. The first-order valence-corrected chi connectivity index (χ1v) is 7.52. The van der Waals surface area contributed by atoms with E-state index in [-0.39, 0.29) is 5.82 Å². The number of guanidine groups is 1. The van der Waals surface area contributed by atoms with Gasteiger partial charge >= 0.3 is 0 Å². The third-order valence-corrected chi connectivity index (χ3v) is 3.17. The van der Waals surface area contributed by atoms with Crippen molar-refractivity contribution in [2.45, 2.75) is 26.2 Å². The zero-order chi connectivity index (χ0) is 15.5. The highest BCUT2D eigenvalue weighted by Gasteiger charge is 2.04. The Bertz CT molecular complexity index is 440. The van der Waals surface area contributed by atoms with Crippen LogP contribution in [-0.2, 0) is 6.42 Å². The van der Waals surface area contributed by atoms with Gasteiger partial charge in [0.25, 0.3) is 0 Å². The maximum absolute atomic E-state index is 12.8. The van der Waals surface area contributed by atoms with Crippen molar-refractivity contribution in [1.29, 1.82) is 0 Å². The van der Waals surface area contributed by atoms with Crippen LogP contribution in [0.5, 0.6) is 0 Å². The number of rotatable bonds is 8. The smallest absolute Gasteiger partial charge is 0.193 e. The number of halogens is 1. The van der Waals surface area contributed by atoms with Gasteiger partial charge < -0.3 is 10.2 Å². The van der Waals surface area contributed by atoms with Gasteiger partial charge in [-0.2, -0.15) is 0 Å². The summed E-state index contributed by atoms with van der Waals surface area (Å²) in [6.45, 7) is 8.29. The van der Waals surface area contributed by atoms with E-state index in [1.165, 1.54) is 12.1 Å². The largest absolute Gasteiger partial charge is 0.357 e. The van der Waals surface area contributed by atoms with Gasteiger partial charge in [0, 0.05) is 26.7 Å². The molecule has 0 aromatic heterocycles. The molecule has 0 saturated heterocycles. The number of hydrogen-bond acceptors (Lipinski definition) is 1. The maximum Gasteiger partial charge on any atom is 0.193 e. The first-order chi connectivity index (χ1) is 10.2. The van der Waals surface area contributed by atoms with Gasteiger partial charge in [0.1, 0.15) is 5.82 Å². The molecule has 0 bridgehead atoms. The van der Waals surface area contributed by atoms with E-state index in [0.717, 1.165) is 43.9 Å². The molecular weight excluding hydrogens is 265 g/mol. The van der Waals surface area contributed by atoms with E-state index in [4.69, 9.17) is 0 Å². The molecule has 4 heteroatoms. The number of aliphatic imine (C=N–C) groups is 1. The van der Waals surface area contributed by atoms with E-state index in [2.05, 4.69) is 28.7 Å². The molecule has 0 atom stereocenters. The van der Waals surface area contributed by atoms with Crippen LogP contribution in [0.4, 0.5) is 4.39 Å². The van der Waals surface area contributed by atoms with Crippen LogP contribution in [0.3, 0.4) is 0 Å². The summed E-state index contributed by atoms with van der Waals surface area (Å²) in [6, 6.07) is 6.61. The van der Waals surface area contributed by atoms with Crippen LogP contribution < -0.4 is 5.32 Å². The average molecular weight is 291 g/mol. The number of unbranched alkanes of at least 4 members (excludes halogenated alkanes) is 1. The van der Waals surface area contributed by atoms with E-state index in [1.54, 1.807) is 0 Å². The third-order valence-electron chi connectivity index (χ3n) is 3.17. The fourth-order valence-corrected chi connectivity index (χ4v) is 1.99. The first kappa shape index (κ1) is 17.2. The fraction of sp³-hybridized carbons (Fsp3) is 0.471. The molecule has 1 aromatic carbocycles. The van der Waals surface area contributed by atoms with Gasteiger partial charge in [-0.25, -0.2) is 4.39 Å². The van der Waals surface area contributed by atoms with Crippen molar-refractivity contribution in [2.24, 2.45) is 4.99 Å². The van der Waals surface area contributed by atoms with Gasteiger partial charge in [-0.3, -0.25) is 4.99 Å². The SMILES string of the molecule is C=CCCCN(C)C(=NCCc1ccc(F)cc1)NCC. The second kappa shape index (κ2) is 9.97. The maximum atomic E-state index is 12.8. The van der Waals surface area contributed by atoms with E-state index in [1.807, 2.05) is 25.3 Å². The zero-order valence-corrected chi connectivity index (χ0v) is 13.1. The van der Waals surface area contributed by atoms with Crippen LogP contribution in [0, 0.1) is 5.82 Å². The number of allylic oxidation sites excluding steroid dienone is 1. The quantitative estimate of drug-likeness (QED) is 0.345. The molecule has 3 nitrogen and oxygen atoms in total. The highest BCUT2D eigenvalue weighted by molar-refractivity contribution is 5.79. The van der Waals surface area contributed by atoms with Crippen molar-refractivity contribution >= 4 is 5.96 Å². The van der Waals surface area contributed by atoms with Gasteiger partial charge in [0.05, 0.1) is 0 Å². The van der Waals surface area contributed by atoms with Crippen LogP contribution in [-0.4, -0.2) is 37.5 Å². The Morgan fingerprint density at radius 2 is 2.10 bits per heavy atom. The number of benzene rings is 1. The lowest BCUT2D eigenvalue weighted by atomic mass is 10.1. The van der Waals surface area contributed by atoms with Crippen LogP contribution in [0.25, 0.3) is 0 Å². The van der Waals surface area contributed by atoms with Crippen molar-refractivity contribution in [3.05, 3.63) is 48.3 Å². The van der Waals surface area contributed by atoms with Crippen LogP contribution in [0.2, 0.25) is 0 Å². The Morgan fingerprint density at radius 1 is 1.38 bits per heavy atom. The van der Waals surface area contributed by atoms with Crippen molar-refractivity contribution in [3.63, 3.8) is 0 Å². The summed E-state index contributed by atoms with van der Waals surface area (Å²) in [5.74, 6) is 0.723. The molecule has 1 rings (SSSR count). The molecule has 0 spiro atoms. The zero-order valence-electron chi connectivity index (χ0n) is 13.1. The van der Waals surface area contributed by atoms with Crippen molar-refractivity contribution in [1.82, 2.24) is 10.2 Å². The highest BCUT2D eigenvalue weighted by atomic mass is 19.1. The third kappa shape index (κ3) is 6.93. The van der Waals surface area contributed by atoms with Gasteiger partial charge in [0.15, 0.2) is 5.96 Å². The van der Waals surface area contributed by atoms with E-state index >= 15 is 0 Å². The second-order valence-corrected chi connectivity index (χ2v) is 4.96. The molecule has 0 radical (unpaired) electrons. The van der Waals surface area contributed by atoms with Gasteiger partial charge in [-0.15, -0.1) is 6.58 Å². The van der Waals surface area contributed by atoms with Crippen molar-refractivity contribution in [2.75, 3.05) is 26.7 Å². The minimum atomic E-state index is -0.197. The lowest BCUT2D eigenvalue weighted by Gasteiger charge is -2.21. The van der Waals surface area contributed by atoms with Crippen LogP contribution in [0.15, 0.2) is 41.9 Å². The van der Waals surface area contributed by atoms with E-state index in [0.29, 0.717) is 6.54 Å². The van der Waals surface area contributed by atoms with E-state index < -0.39 is 0 Å². The molecule has 0 aliphatic carbocycles. The van der Waals surface area contributed by atoms with Gasteiger partial charge in [-0.1, -0.05) is 18.2 Å². The molecule has 0 fully saturated rings. The summed E-state index contributed by atoms with van der Waals surface area (Å²) in [7, 11) is 2.04. The molecule has 0 heterocycles. The Morgan fingerprint density at radius 3 is 2.71 bits per heavy atom. The fourth-order valence-electron chi connectivity index (χ4n) is 1.99. The molecule has 1 aromatic rings. The minimum absolute atomic E-state index is 0.197. The lowest BCUT2D eigenvalue weighted by molar-refractivity contribution is 0.470. The standard InChI is InChI=1S/C17H26FN3/c1-4-6-7-14-21(3)17(19-5-2)20-13-12-15-8-10-16(18)11-9-15/h4,8-11H,1,5-7,12-14H2,2-3H3,(H,19,20). The summed E-state index contributed by atoms with van der Waals surface area (Å²) < 4.78 is 12.8. The number of nitrogens with one attached hydrogen (secondary N) is 1. The normalized spacial score (nSPS) is 11.3. The lowest BCUT2D eigenvalue weighted by Crippen LogP contribution is -2.39. The van der Waals surface area contributed by atoms with Crippen LogP contribution in [0.1, 0.15) is 25.3 Å². The molecular formula is C17H26FN3. The Kier molecular flexibility index (Phi) is 8.17. The van der Waals surface area contributed by atoms with Crippen LogP contribution >= 0.6 is 0 Å². The summed E-state index contributed by atoms with van der Waals surface area (Å²) >= 11 is 0. The summed E-state index contributed by atoms with van der Waals surface area (Å²) in [6.07, 6.45) is 4.84. The molecule has 0 amide bonds. The molecule has 0 aliphatic heterocycles. The highest BCUT2D eigenvalue weighted by Crippen LogP contribution is 2.04. The summed E-state index contributed by atoms with van der Waals surface area (Å²) in [4.78, 5) is 6.76. The Balaban J connectivity index is 2.50. The van der Waals surface area contributed by atoms with Gasteiger partial charge in [0.2, 0.25) is 0 Å². The Labute approximate surface area is 127 Å². The Hall–Kier alpha value is -1.84.